The number of hydrogen-bond acceptors (Lipinski definition) is 3. The predicted molar refractivity (Wildman–Crippen MR) is 80.1 cm³/mol. The van der Waals surface area contributed by atoms with Gasteiger partial charge in [-0.2, -0.15) is 0 Å². The molecule has 0 saturated heterocycles. The molecule has 0 aliphatic heterocycles. The number of nitrogens with one attached hydrogen (secondary N) is 2. The second kappa shape index (κ2) is 5.76. The van der Waals surface area contributed by atoms with Crippen LogP contribution in [0.15, 0.2) is 27.4 Å². The number of carbonyl (C=O) groups excluding carboxylic acids is 1. The van der Waals surface area contributed by atoms with Crippen molar-refractivity contribution in [1.29, 1.82) is 0 Å². The van der Waals surface area contributed by atoms with E-state index in [1.54, 1.807) is 0 Å². The van der Waals surface area contributed by atoms with Crippen LogP contribution < -0.4 is 5.32 Å². The van der Waals surface area contributed by atoms with Gasteiger partial charge in [0.1, 0.15) is 0 Å². The van der Waals surface area contributed by atoms with E-state index < -0.39 is 11.9 Å². The molecule has 8 heteroatoms. The number of aromatic amines is 1. The summed E-state index contributed by atoms with van der Waals surface area (Å²) in [5.74, 6) is -1.84. The highest BCUT2D eigenvalue weighted by Crippen LogP contribution is 2.32. The van der Waals surface area contributed by atoms with Crippen molar-refractivity contribution in [2.45, 2.75) is 6.92 Å². The Morgan fingerprint density at radius 2 is 1.90 bits per heavy atom. The fourth-order valence-corrected chi connectivity index (χ4v) is 3.24. The van der Waals surface area contributed by atoms with Gasteiger partial charge in [-0.15, -0.1) is 0 Å². The molecule has 0 bridgehead atoms. The molecule has 0 atom stereocenters. The summed E-state index contributed by atoms with van der Waals surface area (Å²) in [5, 5.41) is 11.6. The summed E-state index contributed by atoms with van der Waals surface area (Å²) in [5.41, 5.74) is 1.10. The van der Waals surface area contributed by atoms with E-state index >= 15 is 0 Å². The summed E-state index contributed by atoms with van der Waals surface area (Å²) in [6.07, 6.45) is 1.16. The molecule has 0 aliphatic carbocycles. The Bertz CT molecular complexity index is 674. The Morgan fingerprint density at radius 1 is 1.30 bits per heavy atom. The Labute approximate surface area is 130 Å². The zero-order valence-corrected chi connectivity index (χ0v) is 13.4. The van der Waals surface area contributed by atoms with Gasteiger partial charge in [-0.05, 0) is 56.5 Å². The molecular weight excluding hydrogens is 394 g/mol. The van der Waals surface area contributed by atoms with E-state index in [2.05, 4.69) is 47.1 Å². The zero-order valence-electron chi connectivity index (χ0n) is 10.2. The van der Waals surface area contributed by atoms with Crippen molar-refractivity contribution >= 4 is 49.4 Å². The standard InChI is InChI=1S/C12H9Br2N3O3/c1-5-2-6(13)8(7(14)3-5)17-11(18)9-10(12(19)20)16-4-15-9/h2-4H,1H3,(H,15,16)(H,17,18)(H,19,20). The van der Waals surface area contributed by atoms with Crippen molar-refractivity contribution in [3.05, 3.63) is 44.4 Å². The van der Waals surface area contributed by atoms with Crippen LogP contribution >= 0.6 is 31.9 Å². The van der Waals surface area contributed by atoms with E-state index in [1.165, 1.54) is 0 Å². The minimum atomic E-state index is -1.24. The highest BCUT2D eigenvalue weighted by Gasteiger charge is 2.21. The van der Waals surface area contributed by atoms with Gasteiger partial charge in [-0.3, -0.25) is 4.79 Å². The van der Waals surface area contributed by atoms with Crippen LogP contribution in [0.2, 0.25) is 0 Å². The molecule has 6 nitrogen and oxygen atoms in total. The molecule has 20 heavy (non-hydrogen) atoms. The fraction of sp³-hybridized carbons (Fsp3) is 0.0833. The van der Waals surface area contributed by atoms with E-state index in [4.69, 9.17) is 5.11 Å². The molecule has 0 spiro atoms. The second-order valence-electron chi connectivity index (χ2n) is 3.99. The van der Waals surface area contributed by atoms with Crippen LogP contribution in [0.5, 0.6) is 0 Å². The number of aryl methyl sites for hydroxylation is 1. The number of anilines is 1. The van der Waals surface area contributed by atoms with Gasteiger partial charge < -0.3 is 15.4 Å². The lowest BCUT2D eigenvalue weighted by molar-refractivity contribution is 0.0686. The summed E-state index contributed by atoms with van der Waals surface area (Å²) in [6.45, 7) is 1.91. The van der Waals surface area contributed by atoms with Crippen molar-refractivity contribution in [3.63, 3.8) is 0 Å². The normalized spacial score (nSPS) is 10.3. The molecule has 0 saturated carbocycles. The van der Waals surface area contributed by atoms with Crippen LogP contribution in [-0.2, 0) is 0 Å². The molecular formula is C12H9Br2N3O3. The maximum atomic E-state index is 12.1. The molecule has 0 radical (unpaired) electrons. The molecule has 3 N–H and O–H groups in total. The Kier molecular flexibility index (Phi) is 4.24. The van der Waals surface area contributed by atoms with Crippen LogP contribution in [0.3, 0.4) is 0 Å². The first-order chi connectivity index (χ1) is 9.40. The van der Waals surface area contributed by atoms with Crippen LogP contribution in [0.25, 0.3) is 0 Å². The predicted octanol–water partition coefficient (Wildman–Crippen LogP) is 3.19. The van der Waals surface area contributed by atoms with Gasteiger partial charge in [0.2, 0.25) is 0 Å². The summed E-state index contributed by atoms with van der Waals surface area (Å²) in [4.78, 5) is 29.2. The smallest absolute Gasteiger partial charge is 0.354 e. The van der Waals surface area contributed by atoms with Crippen molar-refractivity contribution in [1.82, 2.24) is 9.97 Å². The molecule has 104 valence electrons. The van der Waals surface area contributed by atoms with E-state index in [0.29, 0.717) is 14.6 Å². The van der Waals surface area contributed by atoms with E-state index in [1.807, 2.05) is 19.1 Å². The average molecular weight is 403 g/mol. The van der Waals surface area contributed by atoms with Crippen molar-refractivity contribution in [3.8, 4) is 0 Å². The minimum Gasteiger partial charge on any atom is -0.477 e. The quantitative estimate of drug-likeness (QED) is 0.734. The van der Waals surface area contributed by atoms with Gasteiger partial charge in [-0.25, -0.2) is 9.78 Å². The lowest BCUT2D eigenvalue weighted by Crippen LogP contribution is -2.17. The summed E-state index contributed by atoms with van der Waals surface area (Å²) >= 11 is 6.70. The molecule has 1 amide bonds. The lowest BCUT2D eigenvalue weighted by Gasteiger charge is -2.10. The Balaban J connectivity index is 2.33. The highest BCUT2D eigenvalue weighted by molar-refractivity contribution is 9.11. The molecule has 2 aromatic rings. The number of carboxylic acid groups (broad SMARTS) is 1. The minimum absolute atomic E-state index is 0.170. The first kappa shape index (κ1) is 14.7. The number of carboxylic acids is 1. The maximum Gasteiger partial charge on any atom is 0.354 e. The highest BCUT2D eigenvalue weighted by atomic mass is 79.9. The van der Waals surface area contributed by atoms with Gasteiger partial charge in [0, 0.05) is 8.95 Å². The van der Waals surface area contributed by atoms with Crippen LogP contribution in [-0.4, -0.2) is 27.0 Å². The number of aromatic nitrogens is 2. The summed E-state index contributed by atoms with van der Waals surface area (Å²) in [6, 6.07) is 3.67. The first-order valence-electron chi connectivity index (χ1n) is 5.44. The molecule has 0 aliphatic rings. The topological polar surface area (TPSA) is 95.1 Å². The molecule has 1 aromatic heterocycles. The van der Waals surface area contributed by atoms with E-state index in [-0.39, 0.29) is 11.4 Å². The van der Waals surface area contributed by atoms with Gasteiger partial charge >= 0.3 is 5.97 Å². The third kappa shape index (κ3) is 2.91. The van der Waals surface area contributed by atoms with Crippen LogP contribution in [0.4, 0.5) is 5.69 Å². The molecule has 2 rings (SSSR count). The van der Waals surface area contributed by atoms with Crippen LogP contribution in [0, 0.1) is 6.92 Å². The fourth-order valence-electron chi connectivity index (χ4n) is 1.62. The number of aromatic carboxylic acids is 1. The maximum absolute atomic E-state index is 12.1. The first-order valence-corrected chi connectivity index (χ1v) is 7.02. The molecule has 0 unspecified atom stereocenters. The molecule has 1 aromatic carbocycles. The van der Waals surface area contributed by atoms with Crippen LogP contribution in [0.1, 0.15) is 26.5 Å². The third-order valence-electron chi connectivity index (χ3n) is 2.49. The van der Waals surface area contributed by atoms with E-state index in [9.17, 15) is 9.59 Å². The van der Waals surface area contributed by atoms with Gasteiger partial charge in [0.05, 0.1) is 12.0 Å². The van der Waals surface area contributed by atoms with Gasteiger partial charge in [-0.1, -0.05) is 0 Å². The average Bonchev–Trinajstić information content (AvgIpc) is 2.82. The van der Waals surface area contributed by atoms with Crippen molar-refractivity contribution < 1.29 is 14.7 Å². The number of imidazole rings is 1. The van der Waals surface area contributed by atoms with Crippen molar-refractivity contribution in [2.75, 3.05) is 5.32 Å². The van der Waals surface area contributed by atoms with Gasteiger partial charge in [0.15, 0.2) is 11.4 Å². The van der Waals surface area contributed by atoms with Crippen molar-refractivity contribution in [2.24, 2.45) is 0 Å². The number of carbonyl (C=O) groups is 2. The number of nitrogens with zero attached hydrogens (tertiary/aromatic N) is 1. The molecule has 0 fully saturated rings. The zero-order chi connectivity index (χ0) is 14.9. The second-order valence-corrected chi connectivity index (χ2v) is 5.70. The summed E-state index contributed by atoms with van der Waals surface area (Å²) in [7, 11) is 0. The Morgan fingerprint density at radius 3 is 2.45 bits per heavy atom. The number of amides is 1. The summed E-state index contributed by atoms with van der Waals surface area (Å²) < 4.78 is 1.37. The number of halogens is 2. The van der Waals surface area contributed by atoms with E-state index in [0.717, 1.165) is 11.9 Å². The number of rotatable bonds is 3. The number of benzene rings is 1. The molecule has 1 heterocycles. The SMILES string of the molecule is Cc1cc(Br)c(NC(=O)c2nc[nH]c2C(=O)O)c(Br)c1. The number of H-pyrrole nitrogens is 1. The lowest BCUT2D eigenvalue weighted by atomic mass is 10.2. The third-order valence-corrected chi connectivity index (χ3v) is 3.74. The Hall–Kier alpha value is -1.67. The number of hydrogen-bond donors (Lipinski definition) is 3. The monoisotopic (exact) mass is 401 g/mol. The largest absolute Gasteiger partial charge is 0.477 e. The van der Waals surface area contributed by atoms with Gasteiger partial charge in [0.25, 0.3) is 5.91 Å².